The van der Waals surface area contributed by atoms with Crippen molar-refractivity contribution < 1.29 is 19.0 Å². The molecular formula is C15H20N2O4. The summed E-state index contributed by atoms with van der Waals surface area (Å²) in [5, 5.41) is 3.24. The molecule has 0 aliphatic carbocycles. The Labute approximate surface area is 124 Å². The largest absolute Gasteiger partial charge is 0.490 e. The summed E-state index contributed by atoms with van der Waals surface area (Å²) in [6.45, 7) is 3.04. The van der Waals surface area contributed by atoms with E-state index in [0.717, 1.165) is 23.5 Å². The fourth-order valence-corrected chi connectivity index (χ4v) is 2.57. The summed E-state index contributed by atoms with van der Waals surface area (Å²) in [4.78, 5) is 13.3. The number of hydrogen-bond acceptors (Lipinski definition) is 5. The zero-order chi connectivity index (χ0) is 14.7. The van der Waals surface area contributed by atoms with Crippen LogP contribution in [-0.2, 0) is 4.74 Å². The molecule has 1 aromatic rings. The van der Waals surface area contributed by atoms with Gasteiger partial charge in [-0.05, 0) is 24.7 Å². The van der Waals surface area contributed by atoms with Gasteiger partial charge in [-0.3, -0.25) is 0 Å². The van der Waals surface area contributed by atoms with Crippen LogP contribution in [0.2, 0.25) is 0 Å². The third-order valence-electron chi connectivity index (χ3n) is 3.77. The van der Waals surface area contributed by atoms with E-state index in [4.69, 9.17) is 14.2 Å². The number of nitrogens with zero attached hydrogens (tertiary/aromatic N) is 1. The average Bonchev–Trinajstić information content (AvgIpc) is 2.76. The molecule has 1 amide bonds. The lowest BCUT2D eigenvalue weighted by Crippen LogP contribution is -2.34. The maximum Gasteiger partial charge on any atom is 0.410 e. The number of likely N-dealkylation sites (N-methyl/N-ethyl adjacent to an activating group) is 1. The second kappa shape index (κ2) is 6.22. The first-order valence-corrected chi connectivity index (χ1v) is 7.26. The summed E-state index contributed by atoms with van der Waals surface area (Å²) in [6, 6.07) is 5.97. The van der Waals surface area contributed by atoms with Crippen LogP contribution in [0.25, 0.3) is 0 Å². The van der Waals surface area contributed by atoms with E-state index in [1.165, 1.54) is 0 Å². The number of carbonyl (C=O) groups is 1. The Morgan fingerprint density at radius 3 is 2.71 bits per heavy atom. The second-order valence-corrected chi connectivity index (χ2v) is 5.16. The molecule has 1 fully saturated rings. The van der Waals surface area contributed by atoms with Crippen molar-refractivity contribution in [2.24, 2.45) is 0 Å². The smallest absolute Gasteiger partial charge is 0.410 e. The number of carbonyl (C=O) groups excluding carboxylic acids is 1. The van der Waals surface area contributed by atoms with E-state index in [1.807, 2.05) is 25.2 Å². The normalized spacial score (nSPS) is 19.1. The Bertz CT molecular complexity index is 520. The third-order valence-corrected chi connectivity index (χ3v) is 3.77. The minimum Gasteiger partial charge on any atom is -0.490 e. The van der Waals surface area contributed by atoms with E-state index in [1.54, 1.807) is 4.90 Å². The predicted molar refractivity (Wildman–Crippen MR) is 76.8 cm³/mol. The van der Waals surface area contributed by atoms with E-state index >= 15 is 0 Å². The molecule has 1 N–H and O–H groups in total. The standard InChI is InChI=1S/C15H20N2O4/c1-16-12(10-17-5-8-21-15(17)18)11-3-4-13-14(9-11)20-7-2-6-19-13/h3-4,9,12,16H,2,5-8,10H2,1H3. The minimum atomic E-state index is -0.246. The van der Waals surface area contributed by atoms with Gasteiger partial charge in [0.15, 0.2) is 11.5 Å². The summed E-state index contributed by atoms with van der Waals surface area (Å²) < 4.78 is 16.3. The van der Waals surface area contributed by atoms with E-state index in [0.29, 0.717) is 32.9 Å². The molecule has 3 rings (SSSR count). The molecule has 1 unspecified atom stereocenters. The van der Waals surface area contributed by atoms with Crippen LogP contribution in [0.5, 0.6) is 11.5 Å². The van der Waals surface area contributed by atoms with Crippen LogP contribution in [-0.4, -0.2) is 51.0 Å². The van der Waals surface area contributed by atoms with E-state index in [2.05, 4.69) is 5.32 Å². The van der Waals surface area contributed by atoms with Crippen molar-refractivity contribution in [1.82, 2.24) is 10.2 Å². The molecule has 0 radical (unpaired) electrons. The highest BCUT2D eigenvalue weighted by atomic mass is 16.6. The summed E-state index contributed by atoms with van der Waals surface area (Å²) in [6.07, 6.45) is 0.642. The SMILES string of the molecule is CNC(CN1CCOC1=O)c1ccc2c(c1)OCCCO2. The molecule has 6 nitrogen and oxygen atoms in total. The zero-order valence-corrected chi connectivity index (χ0v) is 12.1. The van der Waals surface area contributed by atoms with Gasteiger partial charge in [0.05, 0.1) is 19.8 Å². The van der Waals surface area contributed by atoms with Gasteiger partial charge in [0.25, 0.3) is 0 Å². The van der Waals surface area contributed by atoms with E-state index in [-0.39, 0.29) is 12.1 Å². The Morgan fingerprint density at radius 1 is 1.19 bits per heavy atom. The molecule has 114 valence electrons. The quantitative estimate of drug-likeness (QED) is 0.912. The molecule has 21 heavy (non-hydrogen) atoms. The zero-order valence-electron chi connectivity index (χ0n) is 12.1. The molecule has 0 bridgehead atoms. The molecule has 1 aromatic carbocycles. The molecule has 2 aliphatic heterocycles. The number of rotatable bonds is 4. The van der Waals surface area contributed by atoms with Crippen molar-refractivity contribution in [2.45, 2.75) is 12.5 Å². The Balaban J connectivity index is 1.77. The number of benzene rings is 1. The number of nitrogens with one attached hydrogen (secondary N) is 1. The van der Waals surface area contributed by atoms with Crippen molar-refractivity contribution in [3.8, 4) is 11.5 Å². The van der Waals surface area contributed by atoms with E-state index < -0.39 is 0 Å². The van der Waals surface area contributed by atoms with Crippen molar-refractivity contribution >= 4 is 6.09 Å². The Hall–Kier alpha value is -1.95. The highest BCUT2D eigenvalue weighted by Gasteiger charge is 2.25. The number of fused-ring (bicyclic) bond motifs is 1. The summed E-state index contributed by atoms with van der Waals surface area (Å²) in [7, 11) is 1.88. The first-order valence-electron chi connectivity index (χ1n) is 7.26. The molecule has 0 aromatic heterocycles. The fraction of sp³-hybridized carbons (Fsp3) is 0.533. The van der Waals surface area contributed by atoms with Crippen LogP contribution >= 0.6 is 0 Å². The van der Waals surface area contributed by atoms with Gasteiger partial charge in [0.2, 0.25) is 0 Å². The average molecular weight is 292 g/mol. The van der Waals surface area contributed by atoms with Crippen molar-refractivity contribution in [1.29, 1.82) is 0 Å². The van der Waals surface area contributed by atoms with Crippen LogP contribution in [0.4, 0.5) is 4.79 Å². The second-order valence-electron chi connectivity index (χ2n) is 5.16. The molecule has 1 atom stereocenters. The molecule has 0 saturated carbocycles. The number of hydrogen-bond donors (Lipinski definition) is 1. The summed E-state index contributed by atoms with van der Waals surface area (Å²) >= 11 is 0. The van der Waals surface area contributed by atoms with Crippen molar-refractivity contribution in [2.75, 3.05) is 40.0 Å². The van der Waals surface area contributed by atoms with Gasteiger partial charge in [-0.15, -0.1) is 0 Å². The highest BCUT2D eigenvalue weighted by Crippen LogP contribution is 2.32. The topological polar surface area (TPSA) is 60.0 Å². The van der Waals surface area contributed by atoms with Crippen LogP contribution in [0.1, 0.15) is 18.0 Å². The highest BCUT2D eigenvalue weighted by molar-refractivity contribution is 5.69. The fourth-order valence-electron chi connectivity index (χ4n) is 2.57. The molecule has 6 heteroatoms. The summed E-state index contributed by atoms with van der Waals surface area (Å²) in [5.74, 6) is 1.56. The maximum atomic E-state index is 11.6. The molecule has 1 saturated heterocycles. The van der Waals surface area contributed by atoms with Gasteiger partial charge >= 0.3 is 6.09 Å². The monoisotopic (exact) mass is 292 g/mol. The van der Waals surface area contributed by atoms with Crippen LogP contribution in [0, 0.1) is 0 Å². The number of cyclic esters (lactones) is 1. The molecule has 2 heterocycles. The van der Waals surface area contributed by atoms with E-state index in [9.17, 15) is 4.79 Å². The predicted octanol–water partition coefficient (Wildman–Crippen LogP) is 1.56. The molecule has 2 aliphatic rings. The van der Waals surface area contributed by atoms with Gasteiger partial charge in [-0.25, -0.2) is 4.79 Å². The van der Waals surface area contributed by atoms with Gasteiger partial charge in [-0.1, -0.05) is 6.07 Å². The van der Waals surface area contributed by atoms with Crippen molar-refractivity contribution in [3.05, 3.63) is 23.8 Å². The van der Waals surface area contributed by atoms with Crippen LogP contribution < -0.4 is 14.8 Å². The number of ether oxygens (including phenoxy) is 3. The van der Waals surface area contributed by atoms with Gasteiger partial charge < -0.3 is 24.4 Å². The molecular weight excluding hydrogens is 272 g/mol. The first-order chi connectivity index (χ1) is 10.3. The van der Waals surface area contributed by atoms with Crippen LogP contribution in [0.3, 0.4) is 0 Å². The Morgan fingerprint density at radius 2 is 2.00 bits per heavy atom. The lowest BCUT2D eigenvalue weighted by molar-refractivity contribution is 0.156. The third kappa shape index (κ3) is 3.05. The lowest BCUT2D eigenvalue weighted by Gasteiger charge is -2.22. The maximum absolute atomic E-state index is 11.6. The molecule has 0 spiro atoms. The van der Waals surface area contributed by atoms with Gasteiger partial charge in [0, 0.05) is 19.0 Å². The lowest BCUT2D eigenvalue weighted by atomic mass is 10.1. The van der Waals surface area contributed by atoms with Gasteiger partial charge in [0.1, 0.15) is 6.61 Å². The van der Waals surface area contributed by atoms with Crippen LogP contribution in [0.15, 0.2) is 18.2 Å². The first kappa shape index (κ1) is 14.0. The Kier molecular flexibility index (Phi) is 4.15. The van der Waals surface area contributed by atoms with Crippen molar-refractivity contribution in [3.63, 3.8) is 0 Å². The number of amides is 1. The summed E-state index contributed by atoms with van der Waals surface area (Å²) in [5.41, 5.74) is 1.07. The van der Waals surface area contributed by atoms with Gasteiger partial charge in [-0.2, -0.15) is 0 Å². The minimum absolute atomic E-state index is 0.0350.